The third-order valence-corrected chi connectivity index (χ3v) is 4.41. The lowest BCUT2D eigenvalue weighted by Crippen LogP contribution is -2.25. The van der Waals surface area contributed by atoms with Gasteiger partial charge in [0.2, 0.25) is 10.0 Å². The van der Waals surface area contributed by atoms with Crippen LogP contribution in [0.15, 0.2) is 35.4 Å². The first-order valence-electron chi connectivity index (χ1n) is 6.66. The number of sulfonamides is 1. The van der Waals surface area contributed by atoms with E-state index in [1.807, 2.05) is 14.1 Å². The summed E-state index contributed by atoms with van der Waals surface area (Å²) in [7, 11) is 0.977. The fraction of sp³-hybridized carbons (Fsp3) is 0.286. The summed E-state index contributed by atoms with van der Waals surface area (Å²) in [6.07, 6.45) is 1.54. The molecule has 0 bridgehead atoms. The predicted octanol–water partition coefficient (Wildman–Crippen LogP) is 1.17. The molecule has 0 radical (unpaired) electrons. The van der Waals surface area contributed by atoms with Crippen LogP contribution in [0.3, 0.4) is 0 Å². The van der Waals surface area contributed by atoms with Crippen molar-refractivity contribution in [3.8, 4) is 5.75 Å². The van der Waals surface area contributed by atoms with Crippen molar-refractivity contribution >= 4 is 15.8 Å². The van der Waals surface area contributed by atoms with Crippen molar-refractivity contribution in [3.63, 3.8) is 0 Å². The maximum Gasteiger partial charge on any atom is 0.244 e. The molecule has 0 fully saturated rings. The highest BCUT2D eigenvalue weighted by Crippen LogP contribution is 2.24. The number of ether oxygens (including phenoxy) is 1. The van der Waals surface area contributed by atoms with Crippen LogP contribution < -0.4 is 14.4 Å². The molecule has 7 nitrogen and oxygen atoms in total. The number of rotatable bonds is 6. The fourth-order valence-corrected chi connectivity index (χ4v) is 2.98. The van der Waals surface area contributed by atoms with Crippen molar-refractivity contribution in [2.24, 2.45) is 0 Å². The van der Waals surface area contributed by atoms with Crippen molar-refractivity contribution in [3.05, 3.63) is 42.1 Å². The molecule has 1 heterocycles. The summed E-state index contributed by atoms with van der Waals surface area (Å²) in [6, 6.07) is 4.99. The molecular formula is C14H17FN4O3S. The smallest absolute Gasteiger partial charge is 0.244 e. The predicted molar refractivity (Wildman–Crippen MR) is 83.3 cm³/mol. The highest BCUT2D eigenvalue weighted by Gasteiger charge is 2.20. The van der Waals surface area contributed by atoms with E-state index in [-0.39, 0.29) is 17.2 Å². The van der Waals surface area contributed by atoms with Gasteiger partial charge >= 0.3 is 0 Å². The van der Waals surface area contributed by atoms with Crippen LogP contribution >= 0.6 is 0 Å². The van der Waals surface area contributed by atoms with Gasteiger partial charge in [-0.2, -0.15) is 0 Å². The third kappa shape index (κ3) is 4.14. The van der Waals surface area contributed by atoms with Crippen LogP contribution in [0.4, 0.5) is 10.2 Å². The Morgan fingerprint density at radius 1 is 1.30 bits per heavy atom. The molecule has 0 aliphatic carbocycles. The number of hydrogen-bond donors (Lipinski definition) is 1. The van der Waals surface area contributed by atoms with E-state index in [2.05, 4.69) is 14.7 Å². The van der Waals surface area contributed by atoms with Crippen LogP contribution in [-0.4, -0.2) is 39.6 Å². The molecule has 9 heteroatoms. The minimum atomic E-state index is -3.97. The van der Waals surface area contributed by atoms with Crippen molar-refractivity contribution < 1.29 is 17.5 Å². The molecular weight excluding hydrogens is 323 g/mol. The van der Waals surface area contributed by atoms with E-state index >= 15 is 0 Å². The topological polar surface area (TPSA) is 84.4 Å². The van der Waals surface area contributed by atoms with E-state index in [0.717, 1.165) is 12.1 Å². The maximum atomic E-state index is 13.3. The molecule has 0 saturated carbocycles. The largest absolute Gasteiger partial charge is 0.495 e. The standard InChI is InChI=1S/C14H17FN4O3S/c1-19(2)14-6-7-16-13(18-14)9-17-23(20,21)12-8-10(15)4-5-11(12)22-3/h4-8,17H,9H2,1-3H3. The number of nitrogens with one attached hydrogen (secondary N) is 1. The summed E-state index contributed by atoms with van der Waals surface area (Å²) in [6.45, 7) is -0.121. The van der Waals surface area contributed by atoms with Crippen LogP contribution in [0, 0.1) is 5.82 Å². The van der Waals surface area contributed by atoms with E-state index in [9.17, 15) is 12.8 Å². The van der Waals surface area contributed by atoms with Gasteiger partial charge in [-0.15, -0.1) is 0 Å². The second-order valence-corrected chi connectivity index (χ2v) is 6.58. The highest BCUT2D eigenvalue weighted by atomic mass is 32.2. The number of hydrogen-bond acceptors (Lipinski definition) is 6. The van der Waals surface area contributed by atoms with Crippen molar-refractivity contribution in [2.75, 3.05) is 26.1 Å². The molecule has 2 rings (SSSR count). The summed E-state index contributed by atoms with van der Waals surface area (Å²) in [5, 5.41) is 0. The Kier molecular flexibility index (Phi) is 5.12. The van der Waals surface area contributed by atoms with Gasteiger partial charge in [-0.05, 0) is 24.3 Å². The highest BCUT2D eigenvalue weighted by molar-refractivity contribution is 7.89. The number of anilines is 1. The van der Waals surface area contributed by atoms with Gasteiger partial charge in [-0.25, -0.2) is 27.5 Å². The third-order valence-electron chi connectivity index (χ3n) is 2.98. The zero-order valence-corrected chi connectivity index (χ0v) is 13.8. The normalized spacial score (nSPS) is 11.3. The van der Waals surface area contributed by atoms with Gasteiger partial charge in [0.1, 0.15) is 28.1 Å². The molecule has 1 N–H and O–H groups in total. The van der Waals surface area contributed by atoms with Gasteiger partial charge in [-0.1, -0.05) is 0 Å². The molecule has 0 atom stereocenters. The Morgan fingerprint density at radius 3 is 2.70 bits per heavy atom. The van der Waals surface area contributed by atoms with E-state index in [0.29, 0.717) is 11.6 Å². The quantitative estimate of drug-likeness (QED) is 0.850. The molecule has 2 aromatic rings. The van der Waals surface area contributed by atoms with Gasteiger partial charge < -0.3 is 9.64 Å². The molecule has 0 unspecified atom stereocenters. The van der Waals surface area contributed by atoms with Crippen LogP contribution in [0.25, 0.3) is 0 Å². The lowest BCUT2D eigenvalue weighted by atomic mass is 10.3. The number of nitrogens with zero attached hydrogens (tertiary/aromatic N) is 3. The summed E-state index contributed by atoms with van der Waals surface area (Å²) < 4.78 is 45.3. The number of aromatic nitrogens is 2. The Hall–Kier alpha value is -2.26. The second kappa shape index (κ2) is 6.88. The molecule has 0 spiro atoms. The SMILES string of the molecule is COc1ccc(F)cc1S(=O)(=O)NCc1nccc(N(C)C)n1. The second-order valence-electron chi connectivity index (χ2n) is 4.85. The van der Waals surface area contributed by atoms with Gasteiger partial charge in [-0.3, -0.25) is 0 Å². The molecule has 0 amide bonds. The van der Waals surface area contributed by atoms with E-state index < -0.39 is 15.8 Å². The molecule has 23 heavy (non-hydrogen) atoms. The summed E-state index contributed by atoms with van der Waals surface area (Å²) in [5.74, 6) is 0.339. The molecule has 1 aromatic heterocycles. The first-order chi connectivity index (χ1) is 10.8. The first-order valence-corrected chi connectivity index (χ1v) is 8.14. The number of methoxy groups -OCH3 is 1. The van der Waals surface area contributed by atoms with E-state index in [4.69, 9.17) is 4.74 Å². The molecule has 124 valence electrons. The Balaban J connectivity index is 2.22. The zero-order valence-electron chi connectivity index (χ0n) is 12.9. The summed E-state index contributed by atoms with van der Waals surface area (Å²) in [4.78, 5) is 9.72. The van der Waals surface area contributed by atoms with Crippen LogP contribution in [0.2, 0.25) is 0 Å². The van der Waals surface area contributed by atoms with Gasteiger partial charge in [0.05, 0.1) is 13.7 Å². The molecule has 0 saturated heterocycles. The van der Waals surface area contributed by atoms with Crippen LogP contribution in [0.1, 0.15) is 5.82 Å². The maximum absolute atomic E-state index is 13.3. The van der Waals surface area contributed by atoms with Crippen molar-refractivity contribution in [1.82, 2.24) is 14.7 Å². The van der Waals surface area contributed by atoms with Crippen LogP contribution in [0.5, 0.6) is 5.75 Å². The molecule has 1 aromatic carbocycles. The van der Waals surface area contributed by atoms with Gasteiger partial charge in [0, 0.05) is 20.3 Å². The monoisotopic (exact) mass is 340 g/mol. The first kappa shape index (κ1) is 17.1. The molecule has 0 aliphatic heterocycles. The summed E-state index contributed by atoms with van der Waals surface area (Å²) in [5.41, 5.74) is 0. The van der Waals surface area contributed by atoms with E-state index in [1.165, 1.54) is 19.4 Å². The lowest BCUT2D eigenvalue weighted by molar-refractivity contribution is 0.400. The minimum absolute atomic E-state index is 0.0573. The number of halogens is 1. The fourth-order valence-electron chi connectivity index (χ4n) is 1.82. The van der Waals surface area contributed by atoms with Crippen molar-refractivity contribution in [1.29, 1.82) is 0 Å². The Bertz CT molecular complexity index is 796. The average Bonchev–Trinajstić information content (AvgIpc) is 2.53. The van der Waals surface area contributed by atoms with Gasteiger partial charge in [0.15, 0.2) is 0 Å². The Morgan fingerprint density at radius 2 is 2.04 bits per heavy atom. The number of benzene rings is 1. The van der Waals surface area contributed by atoms with Crippen molar-refractivity contribution in [2.45, 2.75) is 11.4 Å². The minimum Gasteiger partial charge on any atom is -0.495 e. The zero-order chi connectivity index (χ0) is 17.0. The van der Waals surface area contributed by atoms with Gasteiger partial charge in [0.25, 0.3) is 0 Å². The lowest BCUT2D eigenvalue weighted by Gasteiger charge is -2.13. The van der Waals surface area contributed by atoms with E-state index in [1.54, 1.807) is 11.0 Å². The Labute approximate surface area is 134 Å². The summed E-state index contributed by atoms with van der Waals surface area (Å²) >= 11 is 0. The average molecular weight is 340 g/mol. The molecule has 0 aliphatic rings. The van der Waals surface area contributed by atoms with Crippen LogP contribution in [-0.2, 0) is 16.6 Å².